The summed E-state index contributed by atoms with van der Waals surface area (Å²) < 4.78 is 28.8. The lowest BCUT2D eigenvalue weighted by Gasteiger charge is -2.17. The van der Waals surface area contributed by atoms with Gasteiger partial charge in [-0.2, -0.15) is 8.78 Å². The fraction of sp³-hybridized carbons (Fsp3) is 0.438. The third-order valence-electron chi connectivity index (χ3n) is 3.68. The number of hydrogen-bond donors (Lipinski definition) is 1. The van der Waals surface area contributed by atoms with E-state index in [1.165, 1.54) is 12.1 Å². The predicted octanol–water partition coefficient (Wildman–Crippen LogP) is 2.00. The molecule has 24 heavy (non-hydrogen) atoms. The highest BCUT2D eigenvalue weighted by molar-refractivity contribution is 6.02. The zero-order chi connectivity index (χ0) is 17.7. The average molecular weight is 340 g/mol. The Hall–Kier alpha value is -2.51. The number of alkyl halides is 2. The molecule has 1 saturated heterocycles. The standard InChI is InChI=1S/C16H18F2N2O4/c1-10(11-3-2-4-12(9-11)24-16(17)18)19-13(21)7-8-20-14(22)5-6-15(20)23/h2-4,9-10,16H,5-8H2,1H3,(H,19,21)/t10-/m0/s1. The lowest BCUT2D eigenvalue weighted by Crippen LogP contribution is -2.34. The molecule has 1 aromatic rings. The summed E-state index contributed by atoms with van der Waals surface area (Å²) in [5, 5.41) is 2.70. The van der Waals surface area contributed by atoms with E-state index in [4.69, 9.17) is 0 Å². The Morgan fingerprint density at radius 3 is 2.58 bits per heavy atom. The van der Waals surface area contributed by atoms with Crippen molar-refractivity contribution in [3.63, 3.8) is 0 Å². The van der Waals surface area contributed by atoms with E-state index < -0.39 is 12.7 Å². The van der Waals surface area contributed by atoms with E-state index in [9.17, 15) is 23.2 Å². The van der Waals surface area contributed by atoms with Gasteiger partial charge in [0.25, 0.3) is 0 Å². The number of benzene rings is 1. The highest BCUT2D eigenvalue weighted by atomic mass is 19.3. The minimum atomic E-state index is -2.92. The second-order valence-electron chi connectivity index (χ2n) is 5.43. The quantitative estimate of drug-likeness (QED) is 0.771. The van der Waals surface area contributed by atoms with Crippen molar-refractivity contribution in [2.75, 3.05) is 6.54 Å². The summed E-state index contributed by atoms with van der Waals surface area (Å²) in [5.41, 5.74) is 0.606. The van der Waals surface area contributed by atoms with E-state index in [0.717, 1.165) is 4.90 Å². The van der Waals surface area contributed by atoms with Gasteiger partial charge in [0.05, 0.1) is 6.04 Å². The first-order valence-electron chi connectivity index (χ1n) is 7.54. The first-order chi connectivity index (χ1) is 11.4. The van der Waals surface area contributed by atoms with Crippen molar-refractivity contribution in [2.24, 2.45) is 0 Å². The number of carbonyl (C=O) groups excluding carboxylic acids is 3. The fourth-order valence-corrected chi connectivity index (χ4v) is 2.44. The number of imide groups is 1. The lowest BCUT2D eigenvalue weighted by molar-refractivity contribution is -0.138. The van der Waals surface area contributed by atoms with E-state index in [1.807, 2.05) is 0 Å². The number of amides is 3. The number of hydrogen-bond acceptors (Lipinski definition) is 4. The van der Waals surface area contributed by atoms with Crippen molar-refractivity contribution in [3.8, 4) is 5.75 Å². The summed E-state index contributed by atoms with van der Waals surface area (Å²) in [4.78, 5) is 36.0. The number of likely N-dealkylation sites (tertiary alicyclic amines) is 1. The van der Waals surface area contributed by atoms with Crippen molar-refractivity contribution in [1.29, 1.82) is 0 Å². The van der Waals surface area contributed by atoms with Crippen LogP contribution in [-0.2, 0) is 14.4 Å². The van der Waals surface area contributed by atoms with Crippen molar-refractivity contribution >= 4 is 17.7 Å². The van der Waals surface area contributed by atoms with Crippen LogP contribution in [0.3, 0.4) is 0 Å². The minimum absolute atomic E-state index is 0.00492. The van der Waals surface area contributed by atoms with Gasteiger partial charge < -0.3 is 10.1 Å². The number of ether oxygens (including phenoxy) is 1. The van der Waals surface area contributed by atoms with Gasteiger partial charge in [0, 0.05) is 25.8 Å². The maximum Gasteiger partial charge on any atom is 0.387 e. The monoisotopic (exact) mass is 340 g/mol. The first kappa shape index (κ1) is 17.8. The van der Waals surface area contributed by atoms with Crippen LogP contribution in [-0.4, -0.2) is 35.8 Å². The largest absolute Gasteiger partial charge is 0.435 e. The molecule has 1 fully saturated rings. The molecule has 0 radical (unpaired) electrons. The Bertz CT molecular complexity index is 620. The van der Waals surface area contributed by atoms with Crippen LogP contribution >= 0.6 is 0 Å². The van der Waals surface area contributed by atoms with Gasteiger partial charge in [-0.25, -0.2) is 0 Å². The zero-order valence-corrected chi connectivity index (χ0v) is 13.1. The third-order valence-corrected chi connectivity index (χ3v) is 3.68. The molecule has 0 unspecified atom stereocenters. The Balaban J connectivity index is 1.87. The summed E-state index contributed by atoms with van der Waals surface area (Å²) >= 11 is 0. The predicted molar refractivity (Wildman–Crippen MR) is 80.2 cm³/mol. The van der Waals surface area contributed by atoms with E-state index >= 15 is 0 Å². The highest BCUT2D eigenvalue weighted by Crippen LogP contribution is 2.21. The van der Waals surface area contributed by atoms with E-state index in [2.05, 4.69) is 10.1 Å². The Morgan fingerprint density at radius 1 is 1.29 bits per heavy atom. The van der Waals surface area contributed by atoms with Gasteiger partial charge in [-0.15, -0.1) is 0 Å². The first-order valence-corrected chi connectivity index (χ1v) is 7.54. The molecule has 130 valence electrons. The van der Waals surface area contributed by atoms with Crippen molar-refractivity contribution in [2.45, 2.75) is 38.8 Å². The third kappa shape index (κ3) is 4.74. The van der Waals surface area contributed by atoms with Gasteiger partial charge in [0.15, 0.2) is 0 Å². The van der Waals surface area contributed by atoms with Crippen LogP contribution in [0.25, 0.3) is 0 Å². The second-order valence-corrected chi connectivity index (χ2v) is 5.43. The molecule has 1 aromatic carbocycles. The van der Waals surface area contributed by atoms with Crippen LogP contribution in [0.5, 0.6) is 5.75 Å². The molecule has 1 atom stereocenters. The van der Waals surface area contributed by atoms with Gasteiger partial charge in [-0.1, -0.05) is 12.1 Å². The molecule has 3 amide bonds. The molecule has 0 aromatic heterocycles. The number of carbonyl (C=O) groups is 3. The van der Waals surface area contributed by atoms with E-state index in [1.54, 1.807) is 19.1 Å². The number of rotatable bonds is 7. The van der Waals surface area contributed by atoms with Crippen molar-refractivity contribution in [1.82, 2.24) is 10.2 Å². The molecule has 0 saturated carbocycles. The van der Waals surface area contributed by atoms with E-state index in [0.29, 0.717) is 5.56 Å². The molecule has 0 spiro atoms. The zero-order valence-electron chi connectivity index (χ0n) is 13.1. The number of nitrogens with one attached hydrogen (secondary N) is 1. The molecule has 1 N–H and O–H groups in total. The molecule has 1 aliphatic heterocycles. The van der Waals surface area contributed by atoms with Crippen LogP contribution < -0.4 is 10.1 Å². The van der Waals surface area contributed by atoms with Crippen LogP contribution in [0.2, 0.25) is 0 Å². The summed E-state index contributed by atoms with van der Waals surface area (Å²) in [7, 11) is 0. The molecule has 0 bridgehead atoms. The smallest absolute Gasteiger partial charge is 0.387 e. The van der Waals surface area contributed by atoms with Crippen LogP contribution in [0.1, 0.15) is 37.8 Å². The Labute approximate surface area is 137 Å². The fourth-order valence-electron chi connectivity index (χ4n) is 2.44. The maximum absolute atomic E-state index is 12.2. The number of halogens is 2. The molecule has 1 aliphatic rings. The minimum Gasteiger partial charge on any atom is -0.435 e. The molecular formula is C16H18F2N2O4. The number of nitrogens with zero attached hydrogens (tertiary/aromatic N) is 1. The molecule has 6 nitrogen and oxygen atoms in total. The Morgan fingerprint density at radius 2 is 1.96 bits per heavy atom. The van der Waals surface area contributed by atoms with Crippen LogP contribution in [0.4, 0.5) is 8.78 Å². The molecule has 2 rings (SSSR count). The summed E-state index contributed by atoms with van der Waals surface area (Å²) in [6.45, 7) is -1.17. The summed E-state index contributed by atoms with van der Waals surface area (Å²) in [6, 6.07) is 5.62. The van der Waals surface area contributed by atoms with Crippen LogP contribution in [0.15, 0.2) is 24.3 Å². The summed E-state index contributed by atoms with van der Waals surface area (Å²) in [5.74, 6) is -0.859. The average Bonchev–Trinajstić information content (AvgIpc) is 2.83. The van der Waals surface area contributed by atoms with Crippen LogP contribution in [0, 0.1) is 0 Å². The summed E-state index contributed by atoms with van der Waals surface area (Å²) in [6.07, 6.45) is 0.372. The van der Waals surface area contributed by atoms with Gasteiger partial charge in [-0.3, -0.25) is 19.3 Å². The topological polar surface area (TPSA) is 75.7 Å². The maximum atomic E-state index is 12.2. The molecule has 1 heterocycles. The van der Waals surface area contributed by atoms with Crippen molar-refractivity contribution < 1.29 is 27.9 Å². The molecule has 8 heteroatoms. The van der Waals surface area contributed by atoms with Crippen molar-refractivity contribution in [3.05, 3.63) is 29.8 Å². The highest BCUT2D eigenvalue weighted by Gasteiger charge is 2.28. The van der Waals surface area contributed by atoms with Gasteiger partial charge in [0.1, 0.15) is 5.75 Å². The van der Waals surface area contributed by atoms with Gasteiger partial charge in [-0.05, 0) is 24.6 Å². The second kappa shape index (κ2) is 7.85. The SMILES string of the molecule is C[C@H](NC(=O)CCN1C(=O)CCC1=O)c1cccc(OC(F)F)c1. The Kier molecular flexibility index (Phi) is 5.83. The normalized spacial score (nSPS) is 15.8. The van der Waals surface area contributed by atoms with E-state index in [-0.39, 0.29) is 49.3 Å². The molecular weight excluding hydrogens is 322 g/mol. The van der Waals surface area contributed by atoms with Gasteiger partial charge in [0.2, 0.25) is 17.7 Å². The lowest BCUT2D eigenvalue weighted by atomic mass is 10.1. The van der Waals surface area contributed by atoms with Gasteiger partial charge >= 0.3 is 6.61 Å². The molecule has 0 aliphatic carbocycles.